The van der Waals surface area contributed by atoms with Gasteiger partial charge in [0.05, 0.1) is 23.3 Å². The normalized spacial score (nSPS) is 14.6. The van der Waals surface area contributed by atoms with Gasteiger partial charge in [-0.25, -0.2) is 13.2 Å². The van der Waals surface area contributed by atoms with E-state index in [0.29, 0.717) is 24.3 Å². The summed E-state index contributed by atoms with van der Waals surface area (Å²) in [6, 6.07) is 11.0. The Morgan fingerprint density at radius 2 is 1.71 bits per heavy atom. The molecule has 1 aliphatic rings. The number of aryl methyl sites for hydroxylation is 1. The van der Waals surface area contributed by atoms with E-state index in [1.54, 1.807) is 37.3 Å². The van der Waals surface area contributed by atoms with E-state index in [1.807, 2.05) is 0 Å². The molecular formula is C20H22N2O5S. The van der Waals surface area contributed by atoms with Crippen molar-refractivity contribution >= 4 is 27.6 Å². The van der Waals surface area contributed by atoms with Crippen LogP contribution in [-0.4, -0.2) is 44.8 Å². The molecule has 1 saturated heterocycles. The first-order valence-corrected chi connectivity index (χ1v) is 10.4. The van der Waals surface area contributed by atoms with Crippen molar-refractivity contribution in [2.24, 2.45) is 0 Å². The van der Waals surface area contributed by atoms with E-state index < -0.39 is 21.9 Å². The molecule has 2 aromatic rings. The molecule has 0 spiro atoms. The van der Waals surface area contributed by atoms with Crippen LogP contribution in [0, 0.1) is 6.92 Å². The van der Waals surface area contributed by atoms with Crippen LogP contribution in [-0.2, 0) is 14.8 Å². The van der Waals surface area contributed by atoms with Crippen LogP contribution in [0.2, 0.25) is 0 Å². The zero-order chi connectivity index (χ0) is 20.3. The number of anilines is 1. The van der Waals surface area contributed by atoms with Crippen LogP contribution in [0.25, 0.3) is 0 Å². The molecule has 0 bridgehead atoms. The number of carbonyl (C=O) groups is 2. The highest BCUT2D eigenvalue weighted by Crippen LogP contribution is 2.24. The minimum atomic E-state index is -3.63. The summed E-state index contributed by atoms with van der Waals surface area (Å²) in [4.78, 5) is 24.8. The average Bonchev–Trinajstić information content (AvgIpc) is 3.23. The number of benzene rings is 2. The highest BCUT2D eigenvalue weighted by atomic mass is 32.2. The van der Waals surface area contributed by atoms with Gasteiger partial charge in [-0.15, -0.1) is 0 Å². The summed E-state index contributed by atoms with van der Waals surface area (Å²) in [5.41, 5.74) is 1.39. The fraction of sp³-hybridized carbons (Fsp3) is 0.300. The molecule has 1 N–H and O–H groups in total. The summed E-state index contributed by atoms with van der Waals surface area (Å²) in [6.45, 7) is 2.71. The molecule has 0 saturated carbocycles. The standard InChI is InChI=1S/C20H22N2O5S/c1-14-9-10-15(28(25,26)22-11-5-6-12-22)13-17(14)19(23)21-18-8-4-3-7-16(18)20(24)27-2/h3-4,7-10,13H,5-6,11-12H2,1-2H3,(H,21,23). The maximum absolute atomic E-state index is 12.8. The molecule has 8 heteroatoms. The number of sulfonamides is 1. The third-order valence-electron chi connectivity index (χ3n) is 4.74. The maximum Gasteiger partial charge on any atom is 0.339 e. The molecule has 1 amide bonds. The number of methoxy groups -OCH3 is 1. The van der Waals surface area contributed by atoms with E-state index in [9.17, 15) is 18.0 Å². The first kappa shape index (κ1) is 20.0. The van der Waals surface area contributed by atoms with Crippen LogP contribution in [0.15, 0.2) is 47.4 Å². The smallest absolute Gasteiger partial charge is 0.339 e. The third kappa shape index (κ3) is 3.93. The van der Waals surface area contributed by atoms with Gasteiger partial charge in [-0.2, -0.15) is 4.31 Å². The number of rotatable bonds is 5. The van der Waals surface area contributed by atoms with Crippen molar-refractivity contribution in [2.45, 2.75) is 24.7 Å². The third-order valence-corrected chi connectivity index (χ3v) is 6.63. The van der Waals surface area contributed by atoms with Crippen molar-refractivity contribution in [3.8, 4) is 0 Å². The molecule has 148 valence electrons. The predicted molar refractivity (Wildman–Crippen MR) is 105 cm³/mol. The van der Waals surface area contributed by atoms with E-state index in [1.165, 1.54) is 23.5 Å². The molecule has 1 heterocycles. The predicted octanol–water partition coefficient (Wildman–Crippen LogP) is 2.82. The zero-order valence-corrected chi connectivity index (χ0v) is 16.6. The number of nitrogens with one attached hydrogen (secondary N) is 1. The second kappa shape index (κ2) is 8.12. The van der Waals surface area contributed by atoms with Crippen LogP contribution in [0.3, 0.4) is 0 Å². The van der Waals surface area contributed by atoms with E-state index in [2.05, 4.69) is 5.32 Å². The number of ether oxygens (including phenoxy) is 1. The minimum Gasteiger partial charge on any atom is -0.465 e. The molecule has 1 aliphatic heterocycles. The SMILES string of the molecule is COC(=O)c1ccccc1NC(=O)c1cc(S(=O)(=O)N2CCCC2)ccc1C. The summed E-state index contributed by atoms with van der Waals surface area (Å²) in [5, 5.41) is 2.68. The number of para-hydroxylation sites is 1. The lowest BCUT2D eigenvalue weighted by Crippen LogP contribution is -2.28. The average molecular weight is 402 g/mol. The Morgan fingerprint density at radius 3 is 2.39 bits per heavy atom. The van der Waals surface area contributed by atoms with Gasteiger partial charge in [-0.3, -0.25) is 4.79 Å². The highest BCUT2D eigenvalue weighted by molar-refractivity contribution is 7.89. The van der Waals surface area contributed by atoms with Gasteiger partial charge >= 0.3 is 5.97 Å². The molecule has 0 atom stereocenters. The largest absolute Gasteiger partial charge is 0.465 e. The van der Waals surface area contributed by atoms with Gasteiger partial charge in [0.25, 0.3) is 5.91 Å². The minimum absolute atomic E-state index is 0.0893. The lowest BCUT2D eigenvalue weighted by Gasteiger charge is -2.17. The zero-order valence-electron chi connectivity index (χ0n) is 15.8. The molecule has 0 aromatic heterocycles. The van der Waals surface area contributed by atoms with Crippen molar-refractivity contribution in [1.29, 1.82) is 0 Å². The van der Waals surface area contributed by atoms with Crippen molar-refractivity contribution < 1.29 is 22.7 Å². The molecule has 7 nitrogen and oxygen atoms in total. The number of hydrogen-bond donors (Lipinski definition) is 1. The quantitative estimate of drug-likeness (QED) is 0.777. The van der Waals surface area contributed by atoms with Gasteiger partial charge < -0.3 is 10.1 Å². The van der Waals surface area contributed by atoms with Gasteiger partial charge in [0.15, 0.2) is 0 Å². The summed E-state index contributed by atoms with van der Waals surface area (Å²) < 4.78 is 31.8. The van der Waals surface area contributed by atoms with Gasteiger partial charge in [0, 0.05) is 18.7 Å². The first-order chi connectivity index (χ1) is 13.3. The summed E-state index contributed by atoms with van der Waals surface area (Å²) in [7, 11) is -2.37. The van der Waals surface area contributed by atoms with E-state index in [0.717, 1.165) is 12.8 Å². The summed E-state index contributed by atoms with van der Waals surface area (Å²) in [6.07, 6.45) is 1.67. The molecule has 0 radical (unpaired) electrons. The number of carbonyl (C=O) groups excluding carboxylic acids is 2. The van der Waals surface area contributed by atoms with Crippen molar-refractivity contribution in [1.82, 2.24) is 4.31 Å². The van der Waals surface area contributed by atoms with Crippen molar-refractivity contribution in [3.05, 3.63) is 59.2 Å². The fourth-order valence-electron chi connectivity index (χ4n) is 3.15. The van der Waals surface area contributed by atoms with Crippen LogP contribution in [0.5, 0.6) is 0 Å². The lowest BCUT2D eigenvalue weighted by molar-refractivity contribution is 0.0602. The fourth-order valence-corrected chi connectivity index (χ4v) is 4.70. The van der Waals surface area contributed by atoms with Crippen LogP contribution in [0.4, 0.5) is 5.69 Å². The molecular weight excluding hydrogens is 380 g/mol. The Bertz CT molecular complexity index is 1010. The molecule has 2 aromatic carbocycles. The lowest BCUT2D eigenvalue weighted by atomic mass is 10.1. The van der Waals surface area contributed by atoms with Crippen LogP contribution in [0.1, 0.15) is 39.1 Å². The number of nitrogens with zero attached hydrogens (tertiary/aromatic N) is 1. The van der Waals surface area contributed by atoms with E-state index >= 15 is 0 Å². The number of amides is 1. The Balaban J connectivity index is 1.92. The number of hydrogen-bond acceptors (Lipinski definition) is 5. The van der Waals surface area contributed by atoms with Crippen molar-refractivity contribution in [2.75, 3.05) is 25.5 Å². The Labute approximate surface area is 164 Å². The summed E-state index contributed by atoms with van der Waals surface area (Å²) in [5.74, 6) is -1.06. The topological polar surface area (TPSA) is 92.8 Å². The first-order valence-electron chi connectivity index (χ1n) is 8.94. The van der Waals surface area contributed by atoms with E-state index in [-0.39, 0.29) is 16.0 Å². The Kier molecular flexibility index (Phi) is 5.81. The molecule has 28 heavy (non-hydrogen) atoms. The molecule has 0 aliphatic carbocycles. The monoisotopic (exact) mass is 402 g/mol. The second-order valence-electron chi connectivity index (χ2n) is 6.58. The molecule has 1 fully saturated rings. The highest BCUT2D eigenvalue weighted by Gasteiger charge is 2.28. The van der Waals surface area contributed by atoms with Crippen molar-refractivity contribution in [3.63, 3.8) is 0 Å². The second-order valence-corrected chi connectivity index (χ2v) is 8.52. The molecule has 0 unspecified atom stereocenters. The summed E-state index contributed by atoms with van der Waals surface area (Å²) >= 11 is 0. The van der Waals surface area contributed by atoms with E-state index in [4.69, 9.17) is 4.74 Å². The van der Waals surface area contributed by atoms with Crippen LogP contribution < -0.4 is 5.32 Å². The van der Waals surface area contributed by atoms with Gasteiger partial charge in [0.1, 0.15) is 0 Å². The Morgan fingerprint density at radius 1 is 1.04 bits per heavy atom. The van der Waals surface area contributed by atoms with Crippen LogP contribution >= 0.6 is 0 Å². The molecule has 3 rings (SSSR count). The number of esters is 1. The Hall–Kier alpha value is -2.71. The van der Waals surface area contributed by atoms with Gasteiger partial charge in [0.2, 0.25) is 10.0 Å². The van der Waals surface area contributed by atoms with Gasteiger partial charge in [-0.05, 0) is 49.6 Å². The maximum atomic E-state index is 12.8. The van der Waals surface area contributed by atoms with Gasteiger partial charge in [-0.1, -0.05) is 18.2 Å².